The number of pyridine rings is 1. The summed E-state index contributed by atoms with van der Waals surface area (Å²) in [5, 5.41) is 15.9. The fourth-order valence-corrected chi connectivity index (χ4v) is 2.81. The minimum Gasteiger partial charge on any atom is -0.298 e. The van der Waals surface area contributed by atoms with E-state index in [4.69, 9.17) is 0 Å². The molecule has 0 spiro atoms. The maximum absolute atomic E-state index is 12.1. The van der Waals surface area contributed by atoms with Crippen LogP contribution in [0, 0.1) is 17.0 Å². The van der Waals surface area contributed by atoms with Crippen molar-refractivity contribution in [3.8, 4) is 11.3 Å². The second-order valence-corrected chi connectivity index (χ2v) is 5.85. The number of nitro benzene ring substituents is 1. The average Bonchev–Trinajstić information content (AvgIpc) is 3.04. The van der Waals surface area contributed by atoms with Crippen molar-refractivity contribution in [3.05, 3.63) is 69.3 Å². The zero-order valence-electron chi connectivity index (χ0n) is 12.6. The number of nitrogens with one attached hydrogen (secondary N) is 1. The van der Waals surface area contributed by atoms with Crippen LogP contribution in [0.3, 0.4) is 0 Å². The summed E-state index contributed by atoms with van der Waals surface area (Å²) in [7, 11) is 0. The molecule has 1 amide bonds. The van der Waals surface area contributed by atoms with Crippen LogP contribution >= 0.6 is 11.3 Å². The number of amides is 1. The first-order valence-electron chi connectivity index (χ1n) is 6.97. The molecule has 7 nitrogen and oxygen atoms in total. The molecule has 8 heteroatoms. The second-order valence-electron chi connectivity index (χ2n) is 4.99. The Balaban J connectivity index is 1.82. The number of rotatable bonds is 4. The van der Waals surface area contributed by atoms with Crippen molar-refractivity contribution in [3.63, 3.8) is 0 Å². The van der Waals surface area contributed by atoms with E-state index >= 15 is 0 Å². The Morgan fingerprint density at radius 2 is 2.17 bits per heavy atom. The molecule has 0 aliphatic rings. The van der Waals surface area contributed by atoms with Crippen LogP contribution in [0.25, 0.3) is 11.3 Å². The largest absolute Gasteiger partial charge is 0.298 e. The van der Waals surface area contributed by atoms with Crippen molar-refractivity contribution < 1.29 is 9.72 Å². The van der Waals surface area contributed by atoms with Crippen molar-refractivity contribution in [2.75, 3.05) is 5.32 Å². The van der Waals surface area contributed by atoms with Gasteiger partial charge in [-0.05, 0) is 19.1 Å². The molecule has 0 fully saturated rings. The molecule has 0 bridgehead atoms. The lowest BCUT2D eigenvalue weighted by molar-refractivity contribution is -0.385. The summed E-state index contributed by atoms with van der Waals surface area (Å²) in [5.41, 5.74) is 2.26. The average molecular weight is 340 g/mol. The van der Waals surface area contributed by atoms with Crippen LogP contribution < -0.4 is 5.32 Å². The summed E-state index contributed by atoms with van der Waals surface area (Å²) in [6, 6.07) is 8.26. The van der Waals surface area contributed by atoms with Crippen LogP contribution in [0.4, 0.5) is 10.8 Å². The lowest BCUT2D eigenvalue weighted by Gasteiger charge is -2.01. The second kappa shape index (κ2) is 6.55. The molecule has 120 valence electrons. The van der Waals surface area contributed by atoms with Crippen LogP contribution in [-0.2, 0) is 0 Å². The summed E-state index contributed by atoms with van der Waals surface area (Å²) in [6.07, 6.45) is 3.05. The van der Waals surface area contributed by atoms with Gasteiger partial charge in [0.05, 0.1) is 16.2 Å². The van der Waals surface area contributed by atoms with Gasteiger partial charge in [0.15, 0.2) is 5.13 Å². The fourth-order valence-electron chi connectivity index (χ4n) is 2.10. The molecule has 0 saturated heterocycles. The summed E-state index contributed by atoms with van der Waals surface area (Å²) in [5.74, 6) is -0.307. The maximum Gasteiger partial charge on any atom is 0.272 e. The van der Waals surface area contributed by atoms with Gasteiger partial charge in [-0.2, -0.15) is 0 Å². The number of thiazole rings is 1. The molecule has 0 unspecified atom stereocenters. The molecular formula is C16H12N4O3S. The monoisotopic (exact) mass is 340 g/mol. The minimum absolute atomic E-state index is 0.0430. The predicted molar refractivity (Wildman–Crippen MR) is 91.1 cm³/mol. The molecule has 1 N–H and O–H groups in total. The third-order valence-electron chi connectivity index (χ3n) is 3.35. The van der Waals surface area contributed by atoms with Gasteiger partial charge < -0.3 is 0 Å². The number of carbonyl (C=O) groups excluding carboxylic acids is 1. The number of aromatic nitrogens is 2. The third-order valence-corrected chi connectivity index (χ3v) is 4.11. The Morgan fingerprint density at radius 1 is 1.33 bits per heavy atom. The zero-order chi connectivity index (χ0) is 17.1. The molecule has 2 aromatic heterocycles. The van der Waals surface area contributed by atoms with Crippen LogP contribution in [0.2, 0.25) is 0 Å². The molecule has 0 saturated carbocycles. The molecule has 0 aliphatic heterocycles. The number of aryl methyl sites for hydroxylation is 1. The Morgan fingerprint density at radius 3 is 2.88 bits per heavy atom. The maximum atomic E-state index is 12.1. The molecular weight excluding hydrogens is 328 g/mol. The fraction of sp³-hybridized carbons (Fsp3) is 0.0625. The number of hydrogen-bond acceptors (Lipinski definition) is 6. The van der Waals surface area contributed by atoms with Crippen LogP contribution in [0.1, 0.15) is 15.9 Å². The first kappa shape index (κ1) is 15.8. The molecule has 3 rings (SSSR count). The Bertz CT molecular complexity index is 909. The minimum atomic E-state index is -0.420. The molecule has 0 atom stereocenters. The summed E-state index contributed by atoms with van der Waals surface area (Å²) < 4.78 is 0. The SMILES string of the molecule is Cc1ccc(-c2csc(NC(=O)c3cccnc3)n2)cc1[N+](=O)[O-]. The topological polar surface area (TPSA) is 98.0 Å². The molecule has 1 aromatic carbocycles. The van der Waals surface area contributed by atoms with Crippen molar-refractivity contribution in [1.29, 1.82) is 0 Å². The quantitative estimate of drug-likeness (QED) is 0.577. The molecule has 3 aromatic rings. The van der Waals surface area contributed by atoms with Crippen LogP contribution in [0.5, 0.6) is 0 Å². The van der Waals surface area contributed by atoms with Crippen molar-refractivity contribution in [2.24, 2.45) is 0 Å². The number of nitro groups is 1. The van der Waals surface area contributed by atoms with Gasteiger partial charge in [0.2, 0.25) is 0 Å². The van der Waals surface area contributed by atoms with Crippen LogP contribution in [0.15, 0.2) is 48.1 Å². The van der Waals surface area contributed by atoms with E-state index in [1.165, 1.54) is 23.6 Å². The summed E-state index contributed by atoms with van der Waals surface area (Å²) >= 11 is 1.25. The summed E-state index contributed by atoms with van der Waals surface area (Å²) in [6.45, 7) is 1.68. The molecule has 0 radical (unpaired) electrons. The van der Waals surface area contributed by atoms with E-state index in [9.17, 15) is 14.9 Å². The first-order valence-corrected chi connectivity index (χ1v) is 7.85. The molecule has 24 heavy (non-hydrogen) atoms. The zero-order valence-corrected chi connectivity index (χ0v) is 13.4. The van der Waals surface area contributed by atoms with E-state index in [-0.39, 0.29) is 11.6 Å². The number of anilines is 1. The van der Waals surface area contributed by atoms with E-state index in [2.05, 4.69) is 15.3 Å². The predicted octanol–water partition coefficient (Wildman–Crippen LogP) is 3.67. The molecule has 0 aliphatic carbocycles. The Hall–Kier alpha value is -3.13. The highest BCUT2D eigenvalue weighted by molar-refractivity contribution is 7.14. The van der Waals surface area contributed by atoms with Gasteiger partial charge in [-0.3, -0.25) is 25.2 Å². The van der Waals surface area contributed by atoms with Gasteiger partial charge in [0.25, 0.3) is 11.6 Å². The summed E-state index contributed by atoms with van der Waals surface area (Å²) in [4.78, 5) is 30.9. The van der Waals surface area contributed by atoms with Gasteiger partial charge in [-0.15, -0.1) is 11.3 Å². The van der Waals surface area contributed by atoms with Crippen molar-refractivity contribution in [1.82, 2.24) is 9.97 Å². The third kappa shape index (κ3) is 3.28. The van der Waals surface area contributed by atoms with Crippen molar-refractivity contribution >= 4 is 28.1 Å². The lowest BCUT2D eigenvalue weighted by Crippen LogP contribution is -2.11. The Labute approximate surface area is 141 Å². The van der Waals surface area contributed by atoms with Crippen LogP contribution in [-0.4, -0.2) is 20.8 Å². The van der Waals surface area contributed by atoms with Gasteiger partial charge in [-0.25, -0.2) is 4.98 Å². The van der Waals surface area contributed by atoms with Gasteiger partial charge in [-0.1, -0.05) is 12.1 Å². The smallest absolute Gasteiger partial charge is 0.272 e. The standard InChI is InChI=1S/C16H12N4O3S/c1-10-4-5-11(7-14(10)20(22)23)13-9-24-16(18-13)19-15(21)12-3-2-6-17-8-12/h2-9H,1H3,(H,18,19,21). The van der Waals surface area contributed by atoms with Crippen molar-refractivity contribution in [2.45, 2.75) is 6.92 Å². The first-order chi connectivity index (χ1) is 11.5. The Kier molecular flexibility index (Phi) is 4.30. The lowest BCUT2D eigenvalue weighted by atomic mass is 10.1. The van der Waals surface area contributed by atoms with Gasteiger partial charge >= 0.3 is 0 Å². The van der Waals surface area contributed by atoms with E-state index in [1.54, 1.807) is 42.8 Å². The number of hydrogen-bond donors (Lipinski definition) is 1. The number of benzene rings is 1. The van der Waals surface area contributed by atoms with E-state index in [1.807, 2.05) is 0 Å². The van der Waals surface area contributed by atoms with E-state index < -0.39 is 4.92 Å². The number of nitrogens with zero attached hydrogens (tertiary/aromatic N) is 3. The highest BCUT2D eigenvalue weighted by Crippen LogP contribution is 2.29. The van der Waals surface area contributed by atoms with E-state index in [0.717, 1.165) is 0 Å². The van der Waals surface area contributed by atoms with E-state index in [0.29, 0.717) is 27.5 Å². The molecule has 2 heterocycles. The number of carbonyl (C=O) groups is 1. The van der Waals surface area contributed by atoms with Gasteiger partial charge in [0, 0.05) is 35.0 Å². The normalized spacial score (nSPS) is 10.4. The highest BCUT2D eigenvalue weighted by atomic mass is 32.1. The highest BCUT2D eigenvalue weighted by Gasteiger charge is 2.14. The van der Waals surface area contributed by atoms with Gasteiger partial charge in [0.1, 0.15) is 0 Å².